The smallest absolute Gasteiger partial charge is 0.323 e. The Balaban J connectivity index is 1.46. The second-order valence-corrected chi connectivity index (χ2v) is 7.26. The van der Waals surface area contributed by atoms with Crippen LogP contribution in [0.25, 0.3) is 0 Å². The molecule has 1 N–H and O–H groups in total. The maximum Gasteiger partial charge on any atom is 0.323 e. The molecule has 4 rings (SSSR count). The first kappa shape index (κ1) is 16.8. The molecule has 1 aliphatic carbocycles. The lowest BCUT2D eigenvalue weighted by molar-refractivity contribution is 0.220. The molecule has 1 fully saturated rings. The molecule has 6 heteroatoms. The van der Waals surface area contributed by atoms with Crippen LogP contribution in [0.1, 0.15) is 24.0 Å². The molecular weight excluding hydrogens is 331 g/mol. The van der Waals surface area contributed by atoms with Gasteiger partial charge in [0.15, 0.2) is 0 Å². The fourth-order valence-corrected chi connectivity index (χ4v) is 3.93. The number of likely N-dealkylation sites (tertiary alicyclic amines) is 1. The van der Waals surface area contributed by atoms with Crippen molar-refractivity contribution < 1.29 is 9.18 Å². The monoisotopic (exact) mass is 354 g/mol. The van der Waals surface area contributed by atoms with Gasteiger partial charge >= 0.3 is 6.03 Å². The van der Waals surface area contributed by atoms with Gasteiger partial charge in [-0.25, -0.2) is 13.9 Å². The molecule has 136 valence electrons. The lowest BCUT2D eigenvalue weighted by Gasteiger charge is -2.18. The van der Waals surface area contributed by atoms with Crippen LogP contribution >= 0.6 is 0 Å². The van der Waals surface area contributed by atoms with Crippen LogP contribution in [0.5, 0.6) is 0 Å². The zero-order valence-electron chi connectivity index (χ0n) is 14.9. The summed E-state index contributed by atoms with van der Waals surface area (Å²) >= 11 is 0. The highest BCUT2D eigenvalue weighted by atomic mass is 19.1. The van der Waals surface area contributed by atoms with Crippen molar-refractivity contribution in [1.82, 2.24) is 14.7 Å². The van der Waals surface area contributed by atoms with Crippen molar-refractivity contribution in [3.05, 3.63) is 59.6 Å². The number of carbonyl (C=O) groups excluding carboxylic acids is 1. The number of halogens is 1. The van der Waals surface area contributed by atoms with Gasteiger partial charge in [-0.15, -0.1) is 0 Å². The van der Waals surface area contributed by atoms with E-state index in [1.165, 1.54) is 12.1 Å². The molecule has 1 saturated heterocycles. The summed E-state index contributed by atoms with van der Waals surface area (Å²) in [6, 6.07) is 6.36. The number of anilines is 1. The minimum absolute atomic E-state index is 0.0801. The lowest BCUT2D eigenvalue weighted by Crippen LogP contribution is -2.34. The van der Waals surface area contributed by atoms with E-state index >= 15 is 0 Å². The first-order chi connectivity index (χ1) is 12.6. The number of aromatic nitrogens is 2. The number of amides is 2. The van der Waals surface area contributed by atoms with Gasteiger partial charge in [0.1, 0.15) is 11.6 Å². The number of hydrogen-bond donors (Lipinski definition) is 1. The highest BCUT2D eigenvalue weighted by molar-refractivity contribution is 5.89. The second kappa shape index (κ2) is 6.94. The van der Waals surface area contributed by atoms with Crippen LogP contribution < -0.4 is 5.32 Å². The van der Waals surface area contributed by atoms with Gasteiger partial charge in [-0.05, 0) is 49.3 Å². The van der Waals surface area contributed by atoms with E-state index in [1.807, 2.05) is 17.9 Å². The second-order valence-electron chi connectivity index (χ2n) is 7.26. The van der Waals surface area contributed by atoms with E-state index in [-0.39, 0.29) is 11.8 Å². The Bertz CT molecular complexity index is 828. The summed E-state index contributed by atoms with van der Waals surface area (Å²) in [6.07, 6.45) is 8.29. The standard InChI is InChI=1S/C20H23FN4O/c1-14-10-22-25(11-15-5-4-8-18(21)9-15)19(14)23-20(26)24-12-16-6-2-3-7-17(16)13-24/h2-5,8-10,16-17H,6-7,11-13H2,1H3,(H,23,26)/t16-,17+. The Morgan fingerprint density at radius 1 is 1.27 bits per heavy atom. The molecule has 2 atom stereocenters. The molecule has 1 aromatic carbocycles. The number of aryl methyl sites for hydroxylation is 1. The predicted octanol–water partition coefficient (Wildman–Crippen LogP) is 3.81. The van der Waals surface area contributed by atoms with Crippen molar-refractivity contribution in [1.29, 1.82) is 0 Å². The van der Waals surface area contributed by atoms with Crippen molar-refractivity contribution in [2.24, 2.45) is 11.8 Å². The van der Waals surface area contributed by atoms with E-state index in [0.717, 1.165) is 37.1 Å². The van der Waals surface area contributed by atoms with Crippen molar-refractivity contribution in [2.45, 2.75) is 26.3 Å². The summed E-state index contributed by atoms with van der Waals surface area (Å²) in [4.78, 5) is 14.7. The van der Waals surface area contributed by atoms with Gasteiger partial charge in [-0.2, -0.15) is 5.10 Å². The molecule has 2 aromatic rings. The Kier molecular flexibility index (Phi) is 4.49. The van der Waals surface area contributed by atoms with Gasteiger partial charge < -0.3 is 4.90 Å². The van der Waals surface area contributed by atoms with Crippen LogP contribution in [0.3, 0.4) is 0 Å². The third kappa shape index (κ3) is 3.36. The highest BCUT2D eigenvalue weighted by Gasteiger charge is 2.35. The van der Waals surface area contributed by atoms with Crippen LogP contribution in [-0.2, 0) is 6.54 Å². The number of rotatable bonds is 3. The molecule has 0 bridgehead atoms. The number of hydrogen-bond acceptors (Lipinski definition) is 2. The Hall–Kier alpha value is -2.63. The van der Waals surface area contributed by atoms with Crippen LogP contribution in [0.15, 0.2) is 42.6 Å². The van der Waals surface area contributed by atoms with Gasteiger partial charge in [0, 0.05) is 18.7 Å². The van der Waals surface area contributed by atoms with Gasteiger partial charge in [0.2, 0.25) is 0 Å². The third-order valence-corrected chi connectivity index (χ3v) is 5.38. The zero-order chi connectivity index (χ0) is 18.1. The van der Waals surface area contributed by atoms with Gasteiger partial charge in [-0.1, -0.05) is 24.3 Å². The Morgan fingerprint density at radius 3 is 2.69 bits per heavy atom. The summed E-state index contributed by atoms with van der Waals surface area (Å²) in [7, 11) is 0. The molecular formula is C20H23FN4O. The van der Waals surface area contributed by atoms with Crippen molar-refractivity contribution >= 4 is 11.8 Å². The minimum atomic E-state index is -0.273. The summed E-state index contributed by atoms with van der Waals surface area (Å²) in [5, 5.41) is 7.36. The first-order valence-electron chi connectivity index (χ1n) is 9.08. The van der Waals surface area contributed by atoms with Gasteiger partial charge in [-0.3, -0.25) is 5.32 Å². The van der Waals surface area contributed by atoms with E-state index in [4.69, 9.17) is 0 Å². The molecule has 1 aromatic heterocycles. The maximum absolute atomic E-state index is 13.4. The number of benzene rings is 1. The van der Waals surface area contributed by atoms with Crippen molar-refractivity contribution in [3.8, 4) is 0 Å². The lowest BCUT2D eigenvalue weighted by atomic mass is 9.86. The van der Waals surface area contributed by atoms with E-state index in [9.17, 15) is 9.18 Å². The third-order valence-electron chi connectivity index (χ3n) is 5.38. The molecule has 0 unspecified atom stereocenters. The highest BCUT2D eigenvalue weighted by Crippen LogP contribution is 2.33. The first-order valence-corrected chi connectivity index (χ1v) is 9.08. The zero-order valence-corrected chi connectivity index (χ0v) is 14.9. The van der Waals surface area contributed by atoms with E-state index in [2.05, 4.69) is 22.6 Å². The van der Waals surface area contributed by atoms with Gasteiger partial charge in [0.05, 0.1) is 12.7 Å². The predicted molar refractivity (Wildman–Crippen MR) is 98.4 cm³/mol. The van der Waals surface area contributed by atoms with Crippen molar-refractivity contribution in [3.63, 3.8) is 0 Å². The summed E-state index contributed by atoms with van der Waals surface area (Å²) in [5.74, 6) is 1.55. The van der Waals surface area contributed by atoms with Crippen LogP contribution in [-0.4, -0.2) is 33.8 Å². The molecule has 26 heavy (non-hydrogen) atoms. The van der Waals surface area contributed by atoms with Crippen molar-refractivity contribution in [2.75, 3.05) is 18.4 Å². The summed E-state index contributed by atoms with van der Waals surface area (Å²) < 4.78 is 15.1. The molecule has 2 heterocycles. The molecule has 2 aliphatic rings. The normalized spacial score (nSPS) is 21.7. The van der Waals surface area contributed by atoms with E-state index < -0.39 is 0 Å². The number of nitrogens with one attached hydrogen (secondary N) is 1. The van der Waals surface area contributed by atoms with E-state index in [0.29, 0.717) is 24.2 Å². The number of nitrogens with zero attached hydrogens (tertiary/aromatic N) is 3. The number of allylic oxidation sites excluding steroid dienone is 2. The minimum Gasteiger partial charge on any atom is -0.324 e. The average Bonchev–Trinajstić information content (AvgIpc) is 3.20. The average molecular weight is 354 g/mol. The summed E-state index contributed by atoms with van der Waals surface area (Å²) in [6.45, 7) is 3.94. The van der Waals surface area contributed by atoms with Crippen LogP contribution in [0.4, 0.5) is 15.0 Å². The van der Waals surface area contributed by atoms with E-state index in [1.54, 1.807) is 16.9 Å². The molecule has 1 aliphatic heterocycles. The molecule has 0 radical (unpaired) electrons. The topological polar surface area (TPSA) is 50.2 Å². The number of carbonyl (C=O) groups is 1. The molecule has 2 amide bonds. The maximum atomic E-state index is 13.4. The number of fused-ring (bicyclic) bond motifs is 1. The largest absolute Gasteiger partial charge is 0.324 e. The Morgan fingerprint density at radius 2 is 2.00 bits per heavy atom. The number of urea groups is 1. The fraction of sp³-hybridized carbons (Fsp3) is 0.400. The fourth-order valence-electron chi connectivity index (χ4n) is 3.93. The SMILES string of the molecule is Cc1cnn(Cc2cccc(F)c2)c1NC(=O)N1C[C@H]2CC=CC[C@H]2C1. The van der Waals surface area contributed by atoms with Gasteiger partial charge in [0.25, 0.3) is 0 Å². The van der Waals surface area contributed by atoms with Crippen LogP contribution in [0, 0.1) is 24.6 Å². The molecule has 5 nitrogen and oxygen atoms in total. The molecule has 0 spiro atoms. The quantitative estimate of drug-likeness (QED) is 0.852. The molecule has 0 saturated carbocycles. The summed E-state index contributed by atoms with van der Waals surface area (Å²) in [5.41, 5.74) is 1.70. The van der Waals surface area contributed by atoms with Crippen LogP contribution in [0.2, 0.25) is 0 Å². The Labute approximate surface area is 152 Å².